The number of benzene rings is 1. The minimum Gasteiger partial charge on any atom is -0.508 e. The molecule has 0 bridgehead atoms. The summed E-state index contributed by atoms with van der Waals surface area (Å²) in [4.78, 5) is 11.9. The number of furan rings is 1. The van der Waals surface area contributed by atoms with Crippen LogP contribution in [0.2, 0.25) is 0 Å². The van der Waals surface area contributed by atoms with Gasteiger partial charge >= 0.3 is 0 Å². The van der Waals surface area contributed by atoms with E-state index >= 15 is 0 Å². The molecule has 4 nitrogen and oxygen atoms in total. The number of phenols is 1. The molecule has 1 aromatic heterocycles. The molecule has 1 heterocycles. The summed E-state index contributed by atoms with van der Waals surface area (Å²) in [5, 5.41) is 12.0. The molecule has 0 aliphatic carbocycles. The maximum atomic E-state index is 11.9. The van der Waals surface area contributed by atoms with Crippen molar-refractivity contribution in [2.24, 2.45) is 0 Å². The van der Waals surface area contributed by atoms with Crippen LogP contribution in [-0.4, -0.2) is 17.6 Å². The van der Waals surface area contributed by atoms with E-state index < -0.39 is 0 Å². The maximum absolute atomic E-state index is 11.9. The molecule has 1 aromatic carbocycles. The number of rotatable bonds is 4. The lowest BCUT2D eigenvalue weighted by Gasteiger charge is -2.22. The average Bonchev–Trinajstić information content (AvgIpc) is 2.91. The lowest BCUT2D eigenvalue weighted by Crippen LogP contribution is -2.36. The van der Waals surface area contributed by atoms with Crippen molar-refractivity contribution in [3.63, 3.8) is 0 Å². The van der Waals surface area contributed by atoms with Gasteiger partial charge in [0.2, 0.25) is 0 Å². The van der Waals surface area contributed by atoms with Crippen molar-refractivity contribution in [2.75, 3.05) is 6.54 Å². The van der Waals surface area contributed by atoms with E-state index in [9.17, 15) is 9.90 Å². The molecule has 4 heteroatoms. The Balaban J connectivity index is 1.99. The molecule has 2 N–H and O–H groups in total. The number of amides is 1. The fourth-order valence-corrected chi connectivity index (χ4v) is 1.77. The Bertz CT molecular complexity index is 541. The molecule has 1 amide bonds. The number of nitrogens with one attached hydrogen (secondary N) is 1. The third-order valence-electron chi connectivity index (χ3n) is 3.01. The average molecular weight is 259 g/mol. The number of hydrogen-bond donors (Lipinski definition) is 2. The Morgan fingerprint density at radius 2 is 1.95 bits per heavy atom. The number of aromatic hydroxyl groups is 1. The minimum atomic E-state index is -0.268. The van der Waals surface area contributed by atoms with Crippen LogP contribution in [0.4, 0.5) is 0 Å². The summed E-state index contributed by atoms with van der Waals surface area (Å²) in [6.07, 6.45) is 1.62. The summed E-state index contributed by atoms with van der Waals surface area (Å²) in [7, 11) is 0. The van der Waals surface area contributed by atoms with E-state index in [1.54, 1.807) is 18.4 Å². The molecule has 0 spiro atoms. The predicted molar refractivity (Wildman–Crippen MR) is 72.2 cm³/mol. The first kappa shape index (κ1) is 13.2. The first-order valence-electron chi connectivity index (χ1n) is 6.10. The van der Waals surface area contributed by atoms with Crippen molar-refractivity contribution in [2.45, 2.75) is 19.3 Å². The normalized spacial score (nSPS) is 11.3. The molecule has 0 fully saturated rings. The first-order valence-corrected chi connectivity index (χ1v) is 6.10. The maximum Gasteiger partial charge on any atom is 0.251 e. The minimum absolute atomic E-state index is 0.146. The fraction of sp³-hybridized carbons (Fsp3) is 0.267. The van der Waals surface area contributed by atoms with Crippen LogP contribution in [0.25, 0.3) is 0 Å². The van der Waals surface area contributed by atoms with Gasteiger partial charge in [0.25, 0.3) is 5.91 Å². The largest absolute Gasteiger partial charge is 0.508 e. The highest BCUT2D eigenvalue weighted by Gasteiger charge is 2.24. The highest BCUT2D eigenvalue weighted by molar-refractivity contribution is 5.94. The summed E-state index contributed by atoms with van der Waals surface area (Å²) >= 11 is 0. The van der Waals surface area contributed by atoms with Gasteiger partial charge in [0, 0.05) is 17.5 Å². The van der Waals surface area contributed by atoms with Crippen molar-refractivity contribution >= 4 is 5.91 Å². The lowest BCUT2D eigenvalue weighted by atomic mass is 9.90. The van der Waals surface area contributed by atoms with Gasteiger partial charge < -0.3 is 14.8 Å². The Morgan fingerprint density at radius 3 is 2.53 bits per heavy atom. The van der Waals surface area contributed by atoms with Gasteiger partial charge in [-0.1, -0.05) is 13.8 Å². The van der Waals surface area contributed by atoms with E-state index in [0.29, 0.717) is 12.1 Å². The van der Waals surface area contributed by atoms with Gasteiger partial charge in [0.05, 0.1) is 6.26 Å². The lowest BCUT2D eigenvalue weighted by molar-refractivity contribution is 0.0944. The molecule has 100 valence electrons. The van der Waals surface area contributed by atoms with Crippen LogP contribution in [0.1, 0.15) is 30.0 Å². The molecule has 19 heavy (non-hydrogen) atoms. The van der Waals surface area contributed by atoms with Crippen LogP contribution in [0, 0.1) is 0 Å². The van der Waals surface area contributed by atoms with E-state index in [1.807, 2.05) is 26.0 Å². The number of carbonyl (C=O) groups is 1. The van der Waals surface area contributed by atoms with E-state index in [1.165, 1.54) is 12.1 Å². The first-order chi connectivity index (χ1) is 8.99. The van der Waals surface area contributed by atoms with Gasteiger partial charge in [-0.2, -0.15) is 0 Å². The van der Waals surface area contributed by atoms with Gasteiger partial charge in [-0.3, -0.25) is 4.79 Å². The Morgan fingerprint density at radius 1 is 1.26 bits per heavy atom. The topological polar surface area (TPSA) is 62.5 Å². The molecule has 2 rings (SSSR count). The molecule has 0 aliphatic heterocycles. The third-order valence-corrected chi connectivity index (χ3v) is 3.01. The predicted octanol–water partition coefficient (Wildman–Crippen LogP) is 2.69. The van der Waals surface area contributed by atoms with Crippen molar-refractivity contribution in [3.8, 4) is 5.75 Å². The second-order valence-electron chi connectivity index (χ2n) is 5.09. The molecule has 0 aliphatic rings. The van der Waals surface area contributed by atoms with Crippen LogP contribution in [0.5, 0.6) is 5.75 Å². The fourth-order valence-electron chi connectivity index (χ4n) is 1.77. The monoisotopic (exact) mass is 259 g/mol. The third kappa shape index (κ3) is 3.16. The quantitative estimate of drug-likeness (QED) is 0.887. The second-order valence-corrected chi connectivity index (χ2v) is 5.09. The highest BCUT2D eigenvalue weighted by atomic mass is 16.3. The zero-order chi connectivity index (χ0) is 13.9. The van der Waals surface area contributed by atoms with Crippen LogP contribution >= 0.6 is 0 Å². The van der Waals surface area contributed by atoms with E-state index in [-0.39, 0.29) is 17.1 Å². The standard InChI is InChI=1S/C15H17NO3/c1-15(2,13-4-3-9-19-13)10-16-14(18)11-5-7-12(17)8-6-11/h3-9,17H,10H2,1-2H3,(H,16,18). The smallest absolute Gasteiger partial charge is 0.251 e. The second kappa shape index (κ2) is 5.18. The number of carbonyl (C=O) groups excluding carboxylic acids is 1. The van der Waals surface area contributed by atoms with Gasteiger partial charge in [-0.05, 0) is 36.4 Å². The summed E-state index contributed by atoms with van der Waals surface area (Å²) in [5.74, 6) is 0.811. The molecular weight excluding hydrogens is 242 g/mol. The molecule has 0 unspecified atom stereocenters. The van der Waals surface area contributed by atoms with Crippen LogP contribution in [0.3, 0.4) is 0 Å². The zero-order valence-electron chi connectivity index (χ0n) is 11.0. The Kier molecular flexibility index (Phi) is 3.60. The van der Waals surface area contributed by atoms with Crippen molar-refractivity contribution < 1.29 is 14.3 Å². The SMILES string of the molecule is CC(C)(CNC(=O)c1ccc(O)cc1)c1ccco1. The summed E-state index contributed by atoms with van der Waals surface area (Å²) < 4.78 is 5.37. The van der Waals surface area contributed by atoms with Gasteiger partial charge in [0.15, 0.2) is 0 Å². The van der Waals surface area contributed by atoms with E-state index in [0.717, 1.165) is 5.76 Å². The molecule has 0 radical (unpaired) electrons. The van der Waals surface area contributed by atoms with Crippen molar-refractivity contribution in [1.29, 1.82) is 0 Å². The number of phenolic OH excluding ortho intramolecular Hbond substituents is 1. The van der Waals surface area contributed by atoms with Gasteiger partial charge in [0.1, 0.15) is 11.5 Å². The highest BCUT2D eigenvalue weighted by Crippen LogP contribution is 2.22. The molecule has 0 saturated heterocycles. The molecule has 0 atom stereocenters. The Labute approximate surface area is 112 Å². The van der Waals surface area contributed by atoms with Gasteiger partial charge in [-0.15, -0.1) is 0 Å². The van der Waals surface area contributed by atoms with Crippen LogP contribution < -0.4 is 5.32 Å². The summed E-state index contributed by atoms with van der Waals surface area (Å²) in [6, 6.07) is 9.89. The van der Waals surface area contributed by atoms with E-state index in [4.69, 9.17) is 4.42 Å². The summed E-state index contributed by atoms with van der Waals surface area (Å²) in [6.45, 7) is 4.48. The molecule has 2 aromatic rings. The molecular formula is C15H17NO3. The zero-order valence-corrected chi connectivity index (χ0v) is 11.0. The van der Waals surface area contributed by atoms with Crippen LogP contribution in [0.15, 0.2) is 47.1 Å². The van der Waals surface area contributed by atoms with Crippen molar-refractivity contribution in [1.82, 2.24) is 5.32 Å². The molecule has 0 saturated carbocycles. The Hall–Kier alpha value is -2.23. The summed E-state index contributed by atoms with van der Waals surface area (Å²) in [5.41, 5.74) is 0.254. The van der Waals surface area contributed by atoms with E-state index in [2.05, 4.69) is 5.32 Å². The number of hydrogen-bond acceptors (Lipinski definition) is 3. The van der Waals surface area contributed by atoms with Crippen molar-refractivity contribution in [3.05, 3.63) is 54.0 Å². The van der Waals surface area contributed by atoms with Gasteiger partial charge in [-0.25, -0.2) is 0 Å². The van der Waals surface area contributed by atoms with Crippen LogP contribution in [-0.2, 0) is 5.41 Å².